The summed E-state index contributed by atoms with van der Waals surface area (Å²) in [6, 6.07) is 57.0. The first-order chi connectivity index (χ1) is 23.5. The van der Waals surface area contributed by atoms with Crippen LogP contribution in [-0.2, 0) is 0 Å². The SMILES string of the molecule is C[Si](C)(C)c1cc2c3c(c1)N(c1ccccc1)c1ccccc1B3c1c(cc(N(c3ccccc3)c3ccccc3)c3ccccc13)O2. The third-order valence-electron chi connectivity index (χ3n) is 9.82. The molecule has 5 heteroatoms. The molecule has 48 heavy (non-hydrogen) atoms. The first-order valence-corrected chi connectivity index (χ1v) is 20.2. The smallest absolute Gasteiger partial charge is 0.257 e. The van der Waals surface area contributed by atoms with Crippen LogP contribution in [0.5, 0.6) is 11.5 Å². The number of nitrogens with zero attached hydrogens (tertiary/aromatic N) is 2. The molecule has 0 radical (unpaired) electrons. The predicted octanol–water partition coefficient (Wildman–Crippen LogP) is 9.26. The van der Waals surface area contributed by atoms with Gasteiger partial charge in [0.15, 0.2) is 0 Å². The lowest BCUT2D eigenvalue weighted by molar-refractivity contribution is 0.488. The number of fused-ring (bicyclic) bond motifs is 6. The molecule has 2 aliphatic heterocycles. The van der Waals surface area contributed by atoms with E-state index in [1.54, 1.807) is 0 Å². The zero-order valence-electron chi connectivity index (χ0n) is 27.4. The van der Waals surface area contributed by atoms with Crippen LogP contribution in [0.1, 0.15) is 0 Å². The first kappa shape index (κ1) is 28.7. The van der Waals surface area contributed by atoms with Gasteiger partial charge >= 0.3 is 0 Å². The topological polar surface area (TPSA) is 15.7 Å². The second-order valence-electron chi connectivity index (χ2n) is 13.8. The Balaban J connectivity index is 1.36. The number of benzene rings is 7. The first-order valence-electron chi connectivity index (χ1n) is 16.7. The standard InChI is InChI=1S/C43H35BN2OSi/c1-48(2,3)33-27-39-43-40(28-33)47-41-29-38(45(30-17-7-4-8-18-30)31-19-9-5-10-20-31)34-23-13-14-24-35(34)42(41)44(43)36-25-15-16-26-37(36)46(39)32-21-11-6-12-22-32/h4-29H,1-3H3. The zero-order valence-corrected chi connectivity index (χ0v) is 28.4. The molecule has 7 aromatic carbocycles. The van der Waals surface area contributed by atoms with E-state index in [1.807, 2.05) is 0 Å². The second kappa shape index (κ2) is 11.0. The molecule has 0 N–H and O–H groups in total. The van der Waals surface area contributed by atoms with Crippen LogP contribution < -0.4 is 36.1 Å². The van der Waals surface area contributed by atoms with Gasteiger partial charge in [0.25, 0.3) is 6.71 Å². The number of rotatable bonds is 5. The van der Waals surface area contributed by atoms with Gasteiger partial charge in [-0.25, -0.2) is 0 Å². The Labute approximate surface area is 283 Å². The van der Waals surface area contributed by atoms with E-state index in [0.29, 0.717) is 0 Å². The maximum atomic E-state index is 7.20. The minimum absolute atomic E-state index is 0.0199. The highest BCUT2D eigenvalue weighted by Gasteiger charge is 2.44. The maximum absolute atomic E-state index is 7.20. The summed E-state index contributed by atoms with van der Waals surface area (Å²) in [4.78, 5) is 4.81. The molecular weight excluding hydrogens is 599 g/mol. The fraction of sp³-hybridized carbons (Fsp3) is 0.0698. The van der Waals surface area contributed by atoms with Crippen molar-refractivity contribution in [3.8, 4) is 11.5 Å². The Morgan fingerprint density at radius 3 is 1.77 bits per heavy atom. The number of hydrogen-bond donors (Lipinski definition) is 0. The fourth-order valence-corrected chi connectivity index (χ4v) is 8.73. The number of hydrogen-bond acceptors (Lipinski definition) is 3. The summed E-state index contributed by atoms with van der Waals surface area (Å²) in [5.41, 5.74) is 10.7. The van der Waals surface area contributed by atoms with Crippen molar-refractivity contribution < 1.29 is 4.74 Å². The zero-order chi connectivity index (χ0) is 32.4. The summed E-state index contributed by atoms with van der Waals surface area (Å²) in [7, 11) is -1.73. The molecule has 230 valence electrons. The molecular formula is C43H35BN2OSi. The summed E-state index contributed by atoms with van der Waals surface area (Å²) >= 11 is 0. The van der Waals surface area contributed by atoms with Gasteiger partial charge in [-0.15, -0.1) is 0 Å². The minimum Gasteiger partial charge on any atom is -0.458 e. The lowest BCUT2D eigenvalue weighted by Crippen LogP contribution is -2.60. The van der Waals surface area contributed by atoms with Gasteiger partial charge in [0, 0.05) is 39.9 Å². The van der Waals surface area contributed by atoms with Crippen molar-refractivity contribution in [2.24, 2.45) is 0 Å². The van der Waals surface area contributed by atoms with Gasteiger partial charge in [-0.2, -0.15) is 0 Å². The lowest BCUT2D eigenvalue weighted by atomic mass is 9.33. The van der Waals surface area contributed by atoms with E-state index in [0.717, 1.165) is 34.2 Å². The summed E-state index contributed by atoms with van der Waals surface area (Å²) in [5.74, 6) is 1.88. The van der Waals surface area contributed by atoms with Crippen LogP contribution in [0.4, 0.5) is 34.1 Å². The molecule has 0 amide bonds. The Morgan fingerprint density at radius 1 is 0.542 bits per heavy atom. The van der Waals surface area contributed by atoms with Crippen molar-refractivity contribution >= 4 is 81.3 Å². The van der Waals surface area contributed by atoms with Crippen LogP contribution in [0.15, 0.2) is 158 Å². The Bertz CT molecular complexity index is 2280. The van der Waals surface area contributed by atoms with Gasteiger partial charge in [0.2, 0.25) is 0 Å². The molecule has 2 heterocycles. The minimum atomic E-state index is -1.73. The third kappa shape index (κ3) is 4.50. The van der Waals surface area contributed by atoms with Crippen LogP contribution in [0, 0.1) is 0 Å². The molecule has 0 unspecified atom stereocenters. The molecule has 0 aliphatic carbocycles. The molecule has 0 saturated heterocycles. The fourth-order valence-electron chi connectivity index (χ4n) is 7.60. The highest BCUT2D eigenvalue weighted by molar-refractivity contribution is 7.01. The van der Waals surface area contributed by atoms with Crippen molar-refractivity contribution in [1.29, 1.82) is 0 Å². The van der Waals surface area contributed by atoms with Crippen LogP contribution in [0.25, 0.3) is 10.8 Å². The average Bonchev–Trinajstić information content (AvgIpc) is 3.12. The third-order valence-corrected chi connectivity index (χ3v) is 11.8. The summed E-state index contributed by atoms with van der Waals surface area (Å²) in [6.45, 7) is 7.28. The van der Waals surface area contributed by atoms with Crippen molar-refractivity contribution in [3.05, 3.63) is 158 Å². The monoisotopic (exact) mass is 634 g/mol. The average molecular weight is 635 g/mol. The number of anilines is 6. The van der Waals surface area contributed by atoms with Crippen LogP contribution in [0.3, 0.4) is 0 Å². The van der Waals surface area contributed by atoms with Crippen LogP contribution in [0.2, 0.25) is 19.6 Å². The van der Waals surface area contributed by atoms with Gasteiger partial charge in [0.05, 0.1) is 13.8 Å². The molecule has 0 atom stereocenters. The molecule has 0 bridgehead atoms. The molecule has 2 aliphatic rings. The Morgan fingerprint density at radius 2 is 1.10 bits per heavy atom. The van der Waals surface area contributed by atoms with Gasteiger partial charge in [-0.3, -0.25) is 0 Å². The lowest BCUT2D eigenvalue weighted by Gasteiger charge is -2.41. The Hall–Kier alpha value is -5.52. The molecule has 7 aromatic rings. The largest absolute Gasteiger partial charge is 0.458 e. The molecule has 0 fully saturated rings. The highest BCUT2D eigenvalue weighted by atomic mass is 28.3. The van der Waals surface area contributed by atoms with E-state index in [4.69, 9.17) is 4.74 Å². The second-order valence-corrected chi connectivity index (χ2v) is 18.9. The molecule has 0 spiro atoms. The van der Waals surface area contributed by atoms with Crippen LogP contribution >= 0.6 is 0 Å². The highest BCUT2D eigenvalue weighted by Crippen LogP contribution is 2.45. The van der Waals surface area contributed by atoms with Crippen molar-refractivity contribution in [1.82, 2.24) is 0 Å². The van der Waals surface area contributed by atoms with E-state index in [1.165, 1.54) is 43.7 Å². The van der Waals surface area contributed by atoms with Crippen molar-refractivity contribution in [2.75, 3.05) is 9.80 Å². The van der Waals surface area contributed by atoms with E-state index >= 15 is 0 Å². The van der Waals surface area contributed by atoms with E-state index in [2.05, 4.69) is 187 Å². The molecule has 3 nitrogen and oxygen atoms in total. The number of ether oxygens (including phenoxy) is 1. The maximum Gasteiger partial charge on any atom is 0.257 e. The van der Waals surface area contributed by atoms with E-state index in [9.17, 15) is 0 Å². The normalized spacial score (nSPS) is 13.0. The van der Waals surface area contributed by atoms with Gasteiger partial charge in [-0.1, -0.05) is 122 Å². The summed E-state index contributed by atoms with van der Waals surface area (Å²) in [6.07, 6.45) is 0. The number of para-hydroxylation sites is 4. The van der Waals surface area contributed by atoms with Crippen molar-refractivity contribution in [3.63, 3.8) is 0 Å². The predicted molar refractivity (Wildman–Crippen MR) is 207 cm³/mol. The summed E-state index contributed by atoms with van der Waals surface area (Å²) in [5, 5.41) is 3.79. The van der Waals surface area contributed by atoms with Crippen molar-refractivity contribution in [2.45, 2.75) is 19.6 Å². The van der Waals surface area contributed by atoms with Gasteiger partial charge in [0.1, 0.15) is 11.5 Å². The summed E-state index contributed by atoms with van der Waals surface area (Å²) < 4.78 is 7.20. The van der Waals surface area contributed by atoms with Crippen LogP contribution in [-0.4, -0.2) is 14.8 Å². The van der Waals surface area contributed by atoms with E-state index < -0.39 is 8.07 Å². The quantitative estimate of drug-likeness (QED) is 0.176. The Kier molecular flexibility index (Phi) is 6.60. The molecule has 0 aromatic heterocycles. The van der Waals surface area contributed by atoms with Gasteiger partial charge in [-0.05, 0) is 76.4 Å². The molecule has 0 saturated carbocycles. The van der Waals surface area contributed by atoms with E-state index in [-0.39, 0.29) is 6.71 Å². The molecule has 9 rings (SSSR count). The van der Waals surface area contributed by atoms with Gasteiger partial charge < -0.3 is 14.5 Å².